The van der Waals surface area contributed by atoms with Crippen LogP contribution in [0.4, 0.5) is 0 Å². The Labute approximate surface area is 117 Å². The maximum absolute atomic E-state index is 11.9. The summed E-state index contributed by atoms with van der Waals surface area (Å²) in [5, 5.41) is 11.1. The highest BCUT2D eigenvalue weighted by Crippen LogP contribution is 2.03. The average molecular weight is 297 g/mol. The SMILES string of the molecule is CNS(=O)(=O)CCNC(=O)c1ncccc1C#CCO. The van der Waals surface area contributed by atoms with E-state index in [-0.39, 0.29) is 24.6 Å². The first-order valence-corrected chi connectivity index (χ1v) is 7.39. The van der Waals surface area contributed by atoms with Gasteiger partial charge in [-0.15, -0.1) is 0 Å². The molecule has 0 saturated heterocycles. The Morgan fingerprint density at radius 2 is 2.25 bits per heavy atom. The molecule has 0 bridgehead atoms. The Kier molecular flexibility index (Phi) is 6.11. The fraction of sp³-hybridized carbons (Fsp3) is 0.333. The molecule has 3 N–H and O–H groups in total. The summed E-state index contributed by atoms with van der Waals surface area (Å²) in [6, 6.07) is 3.21. The number of carbonyl (C=O) groups excluding carboxylic acids is 1. The van der Waals surface area contributed by atoms with Crippen molar-refractivity contribution in [2.24, 2.45) is 0 Å². The molecule has 1 heterocycles. The normalized spacial score (nSPS) is 10.5. The molecule has 108 valence electrons. The fourth-order valence-electron chi connectivity index (χ4n) is 1.31. The summed E-state index contributed by atoms with van der Waals surface area (Å²) < 4.78 is 24.5. The molecule has 20 heavy (non-hydrogen) atoms. The first kappa shape index (κ1) is 16.1. The van der Waals surface area contributed by atoms with Gasteiger partial charge in [-0.05, 0) is 19.2 Å². The van der Waals surface area contributed by atoms with E-state index in [2.05, 4.69) is 26.9 Å². The lowest BCUT2D eigenvalue weighted by molar-refractivity contribution is 0.0951. The molecular weight excluding hydrogens is 282 g/mol. The molecule has 1 aromatic rings. The van der Waals surface area contributed by atoms with E-state index >= 15 is 0 Å². The number of nitrogens with one attached hydrogen (secondary N) is 2. The Hall–Kier alpha value is -1.95. The van der Waals surface area contributed by atoms with E-state index in [1.54, 1.807) is 12.1 Å². The Morgan fingerprint density at radius 3 is 2.90 bits per heavy atom. The van der Waals surface area contributed by atoms with Crippen LogP contribution in [0.15, 0.2) is 18.3 Å². The Balaban J connectivity index is 2.73. The van der Waals surface area contributed by atoms with Gasteiger partial charge in [-0.2, -0.15) is 0 Å². The second-order valence-electron chi connectivity index (χ2n) is 3.64. The monoisotopic (exact) mass is 297 g/mol. The molecule has 8 heteroatoms. The predicted molar refractivity (Wildman–Crippen MR) is 73.4 cm³/mol. The second-order valence-corrected chi connectivity index (χ2v) is 5.68. The fourth-order valence-corrected chi connectivity index (χ4v) is 1.88. The molecule has 0 aliphatic rings. The summed E-state index contributed by atoms with van der Waals surface area (Å²) in [4.78, 5) is 15.8. The predicted octanol–water partition coefficient (Wildman–Crippen LogP) is -1.30. The minimum absolute atomic E-state index is 0.0363. The van der Waals surface area contributed by atoms with Crippen LogP contribution in [-0.4, -0.2) is 50.4 Å². The Bertz CT molecular complexity index is 632. The summed E-state index contributed by atoms with van der Waals surface area (Å²) in [6.45, 7) is -0.359. The summed E-state index contributed by atoms with van der Waals surface area (Å²) >= 11 is 0. The van der Waals surface area contributed by atoms with E-state index in [4.69, 9.17) is 5.11 Å². The van der Waals surface area contributed by atoms with E-state index in [9.17, 15) is 13.2 Å². The number of hydrogen-bond acceptors (Lipinski definition) is 5. The number of sulfonamides is 1. The molecule has 0 spiro atoms. The van der Waals surface area contributed by atoms with Crippen LogP contribution in [-0.2, 0) is 10.0 Å². The molecule has 7 nitrogen and oxygen atoms in total. The first-order chi connectivity index (χ1) is 9.50. The highest BCUT2D eigenvalue weighted by Gasteiger charge is 2.13. The van der Waals surface area contributed by atoms with Gasteiger partial charge in [-0.1, -0.05) is 11.8 Å². The van der Waals surface area contributed by atoms with Crippen molar-refractivity contribution >= 4 is 15.9 Å². The highest BCUT2D eigenvalue weighted by molar-refractivity contribution is 7.89. The standard InChI is InChI=1S/C12H15N3O4S/c1-13-20(18,19)9-7-15-12(17)11-10(5-3-8-16)4-2-6-14-11/h2,4,6,13,16H,7-9H2,1H3,(H,15,17). The lowest BCUT2D eigenvalue weighted by atomic mass is 10.2. The third-order valence-corrected chi connectivity index (χ3v) is 3.66. The summed E-state index contributed by atoms with van der Waals surface area (Å²) in [5.74, 6) is 4.30. The van der Waals surface area contributed by atoms with E-state index in [1.165, 1.54) is 13.2 Å². The Morgan fingerprint density at radius 1 is 1.50 bits per heavy atom. The highest BCUT2D eigenvalue weighted by atomic mass is 32.2. The van der Waals surface area contributed by atoms with Crippen molar-refractivity contribution in [3.63, 3.8) is 0 Å². The number of amides is 1. The average Bonchev–Trinajstić information content (AvgIpc) is 2.45. The molecule has 0 unspecified atom stereocenters. The minimum atomic E-state index is -3.37. The molecule has 0 fully saturated rings. The maximum atomic E-state index is 11.9. The van der Waals surface area contributed by atoms with Gasteiger partial charge in [0.05, 0.1) is 11.3 Å². The smallest absolute Gasteiger partial charge is 0.271 e. The number of pyridine rings is 1. The van der Waals surface area contributed by atoms with Crippen LogP contribution in [0.2, 0.25) is 0 Å². The van der Waals surface area contributed by atoms with Crippen LogP contribution in [0, 0.1) is 11.8 Å². The zero-order valence-electron chi connectivity index (χ0n) is 10.9. The van der Waals surface area contributed by atoms with Gasteiger partial charge in [0.2, 0.25) is 10.0 Å². The van der Waals surface area contributed by atoms with E-state index in [0.29, 0.717) is 5.56 Å². The van der Waals surface area contributed by atoms with Crippen LogP contribution in [0.25, 0.3) is 0 Å². The van der Waals surface area contributed by atoms with Crippen molar-refractivity contribution < 1.29 is 18.3 Å². The first-order valence-electron chi connectivity index (χ1n) is 5.74. The van der Waals surface area contributed by atoms with Crippen molar-refractivity contribution in [2.45, 2.75) is 0 Å². The maximum Gasteiger partial charge on any atom is 0.271 e. The summed E-state index contributed by atoms with van der Waals surface area (Å²) in [7, 11) is -2.06. The molecule has 0 saturated carbocycles. The molecule has 1 rings (SSSR count). The van der Waals surface area contributed by atoms with E-state index in [1.807, 2.05) is 0 Å². The number of nitrogens with zero attached hydrogens (tertiary/aromatic N) is 1. The number of aliphatic hydroxyl groups excluding tert-OH is 1. The van der Waals surface area contributed by atoms with Gasteiger partial charge < -0.3 is 10.4 Å². The van der Waals surface area contributed by atoms with Gasteiger partial charge >= 0.3 is 0 Å². The quantitative estimate of drug-likeness (QED) is 0.586. The van der Waals surface area contributed by atoms with Gasteiger partial charge in [0.1, 0.15) is 12.3 Å². The zero-order chi connectivity index (χ0) is 15.0. The van der Waals surface area contributed by atoms with Crippen molar-refractivity contribution in [2.75, 3.05) is 26.0 Å². The minimum Gasteiger partial charge on any atom is -0.384 e. The third-order valence-electron chi connectivity index (χ3n) is 2.29. The van der Waals surface area contributed by atoms with Gasteiger partial charge in [0.15, 0.2) is 0 Å². The number of carbonyl (C=O) groups is 1. The van der Waals surface area contributed by atoms with Crippen molar-refractivity contribution in [3.05, 3.63) is 29.6 Å². The molecule has 0 atom stereocenters. The van der Waals surface area contributed by atoms with Gasteiger partial charge in [0.25, 0.3) is 5.91 Å². The van der Waals surface area contributed by atoms with Crippen LogP contribution in [0.5, 0.6) is 0 Å². The van der Waals surface area contributed by atoms with Crippen molar-refractivity contribution in [1.82, 2.24) is 15.0 Å². The molecule has 0 aliphatic heterocycles. The number of rotatable bonds is 5. The molecule has 1 amide bonds. The number of aliphatic hydroxyl groups is 1. The molecular formula is C12H15N3O4S. The summed E-state index contributed by atoms with van der Waals surface area (Å²) in [5.41, 5.74) is 0.464. The number of aromatic nitrogens is 1. The lowest BCUT2D eigenvalue weighted by Gasteiger charge is -2.06. The lowest BCUT2D eigenvalue weighted by Crippen LogP contribution is -2.33. The topological polar surface area (TPSA) is 108 Å². The van der Waals surface area contributed by atoms with E-state index < -0.39 is 15.9 Å². The van der Waals surface area contributed by atoms with Crippen LogP contribution < -0.4 is 10.0 Å². The van der Waals surface area contributed by atoms with Crippen LogP contribution >= 0.6 is 0 Å². The largest absolute Gasteiger partial charge is 0.384 e. The second kappa shape index (κ2) is 7.59. The molecule has 0 aromatic carbocycles. The van der Waals surface area contributed by atoms with Crippen molar-refractivity contribution in [1.29, 1.82) is 0 Å². The van der Waals surface area contributed by atoms with E-state index in [0.717, 1.165) is 0 Å². The third kappa shape index (κ3) is 4.97. The van der Waals surface area contributed by atoms with Crippen LogP contribution in [0.3, 0.4) is 0 Å². The van der Waals surface area contributed by atoms with Gasteiger partial charge in [-0.3, -0.25) is 4.79 Å². The molecule has 0 radical (unpaired) electrons. The molecule has 1 aromatic heterocycles. The summed E-state index contributed by atoms with van der Waals surface area (Å²) in [6.07, 6.45) is 1.43. The van der Waals surface area contributed by atoms with Gasteiger partial charge in [0, 0.05) is 12.7 Å². The number of hydrogen-bond donors (Lipinski definition) is 3. The molecule has 0 aliphatic carbocycles. The van der Waals surface area contributed by atoms with Crippen LogP contribution in [0.1, 0.15) is 16.1 Å². The van der Waals surface area contributed by atoms with Crippen molar-refractivity contribution in [3.8, 4) is 11.8 Å². The van der Waals surface area contributed by atoms with Gasteiger partial charge in [-0.25, -0.2) is 18.1 Å². The zero-order valence-corrected chi connectivity index (χ0v) is 11.7.